The third kappa shape index (κ3) is 5.50. The van der Waals surface area contributed by atoms with E-state index in [4.69, 9.17) is 10.8 Å². The maximum absolute atomic E-state index is 11.7. The van der Waals surface area contributed by atoms with Crippen LogP contribution in [0.4, 0.5) is 0 Å². The molecule has 3 atom stereocenters. The molecular formula is C23H31N5O. The van der Waals surface area contributed by atoms with Crippen LogP contribution in [0, 0.1) is 29.6 Å². The molecule has 1 saturated carbocycles. The predicted molar refractivity (Wildman–Crippen MR) is 118 cm³/mol. The van der Waals surface area contributed by atoms with Crippen molar-refractivity contribution in [1.82, 2.24) is 15.2 Å². The van der Waals surface area contributed by atoms with Gasteiger partial charge in [0.05, 0.1) is 0 Å². The van der Waals surface area contributed by atoms with Crippen molar-refractivity contribution < 1.29 is 4.79 Å². The summed E-state index contributed by atoms with van der Waals surface area (Å²) < 4.78 is 0. The van der Waals surface area contributed by atoms with Crippen LogP contribution >= 0.6 is 0 Å². The molecule has 1 heterocycles. The first-order valence-electron chi connectivity index (χ1n) is 9.76. The van der Waals surface area contributed by atoms with Gasteiger partial charge in [0.15, 0.2) is 0 Å². The first kappa shape index (κ1) is 22.3. The molecule has 0 spiro atoms. The fraction of sp³-hybridized carbons (Fsp3) is 0.391. The number of carbonyl (C=O) groups is 1. The largest absolute Gasteiger partial charge is 0.375 e. The van der Waals surface area contributed by atoms with Crippen LogP contribution in [0.5, 0.6) is 0 Å². The zero-order valence-electron chi connectivity index (χ0n) is 17.7. The van der Waals surface area contributed by atoms with Gasteiger partial charge in [0.1, 0.15) is 12.1 Å². The van der Waals surface area contributed by atoms with Crippen molar-refractivity contribution in [2.24, 2.45) is 11.8 Å². The Bertz CT molecular complexity index is 837. The Hall–Kier alpha value is -3.02. The Morgan fingerprint density at radius 1 is 1.41 bits per heavy atom. The Kier molecular flexibility index (Phi) is 7.65. The lowest BCUT2D eigenvalue weighted by molar-refractivity contribution is -0.111. The van der Waals surface area contributed by atoms with Crippen LogP contribution in [0.2, 0.25) is 0 Å². The Balaban J connectivity index is 2.10. The Labute approximate surface area is 173 Å². The molecule has 1 aromatic rings. The molecule has 0 bridgehead atoms. The molecule has 6 nitrogen and oxygen atoms in total. The van der Waals surface area contributed by atoms with Gasteiger partial charge in [-0.2, -0.15) is 0 Å². The molecule has 2 rings (SSSR count). The standard InChI is InChI=1S/C23H31N5O/c1-15(21(12-25)16(2)11-24)8-23(26-4)28(5)22-10-20(22)19(14-29)9-18-7-6-17(3)27-13-18/h6-8,11-14,19-20,22,24-26H,1,9-10H2,2-5H3/b21-16+,23-8+,24-11?,25-12?. The highest BCUT2D eigenvalue weighted by molar-refractivity contribution is 5.93. The van der Waals surface area contributed by atoms with Gasteiger partial charge in [0, 0.05) is 55.9 Å². The van der Waals surface area contributed by atoms with Crippen molar-refractivity contribution in [3.8, 4) is 0 Å². The van der Waals surface area contributed by atoms with Crippen molar-refractivity contribution in [3.63, 3.8) is 0 Å². The summed E-state index contributed by atoms with van der Waals surface area (Å²) in [7, 11) is 3.85. The van der Waals surface area contributed by atoms with Crippen LogP contribution in [0.3, 0.4) is 0 Å². The number of hydrogen-bond donors (Lipinski definition) is 3. The minimum atomic E-state index is -0.0366. The average molecular weight is 394 g/mol. The normalized spacial score (nSPS) is 20.2. The lowest BCUT2D eigenvalue weighted by Gasteiger charge is -2.24. The topological polar surface area (TPSA) is 92.9 Å². The highest BCUT2D eigenvalue weighted by Gasteiger charge is 2.45. The molecule has 0 aliphatic heterocycles. The minimum absolute atomic E-state index is 0.0366. The van der Waals surface area contributed by atoms with Gasteiger partial charge in [-0.1, -0.05) is 12.6 Å². The van der Waals surface area contributed by atoms with Gasteiger partial charge in [-0.3, -0.25) is 4.98 Å². The highest BCUT2D eigenvalue weighted by Crippen LogP contribution is 2.42. The third-order valence-electron chi connectivity index (χ3n) is 5.55. The average Bonchev–Trinajstić information content (AvgIpc) is 3.52. The molecule has 1 fully saturated rings. The predicted octanol–water partition coefficient (Wildman–Crippen LogP) is 3.30. The van der Waals surface area contributed by atoms with E-state index in [2.05, 4.69) is 21.8 Å². The molecule has 1 aliphatic rings. The van der Waals surface area contributed by atoms with E-state index in [1.54, 1.807) is 6.92 Å². The number of pyridine rings is 1. The monoisotopic (exact) mass is 393 g/mol. The van der Waals surface area contributed by atoms with Crippen molar-refractivity contribution >= 4 is 18.7 Å². The van der Waals surface area contributed by atoms with Crippen LogP contribution in [0.15, 0.2) is 53.5 Å². The van der Waals surface area contributed by atoms with Gasteiger partial charge < -0.3 is 25.8 Å². The maximum atomic E-state index is 11.7. The van der Waals surface area contributed by atoms with Gasteiger partial charge in [0.25, 0.3) is 0 Å². The second-order valence-electron chi connectivity index (χ2n) is 7.58. The second kappa shape index (κ2) is 9.96. The van der Waals surface area contributed by atoms with Gasteiger partial charge >= 0.3 is 0 Å². The van der Waals surface area contributed by atoms with Gasteiger partial charge in [0.2, 0.25) is 0 Å². The first-order valence-corrected chi connectivity index (χ1v) is 9.76. The van der Waals surface area contributed by atoms with Crippen molar-refractivity contribution in [2.75, 3.05) is 14.1 Å². The van der Waals surface area contributed by atoms with Crippen LogP contribution in [0.25, 0.3) is 0 Å². The third-order valence-corrected chi connectivity index (χ3v) is 5.55. The molecule has 3 N–H and O–H groups in total. The number of rotatable bonds is 11. The highest BCUT2D eigenvalue weighted by atomic mass is 16.1. The number of nitrogens with zero attached hydrogens (tertiary/aromatic N) is 2. The van der Waals surface area contributed by atoms with E-state index in [1.807, 2.05) is 45.4 Å². The fourth-order valence-corrected chi connectivity index (χ4v) is 3.61. The van der Waals surface area contributed by atoms with Crippen LogP contribution in [-0.2, 0) is 11.2 Å². The molecule has 0 amide bonds. The van der Waals surface area contributed by atoms with E-state index >= 15 is 0 Å². The summed E-state index contributed by atoms with van der Waals surface area (Å²) in [5.41, 5.74) is 4.05. The van der Waals surface area contributed by atoms with Crippen molar-refractivity contribution in [2.45, 2.75) is 32.7 Å². The summed E-state index contributed by atoms with van der Waals surface area (Å²) in [5, 5.41) is 18.2. The second-order valence-corrected chi connectivity index (χ2v) is 7.58. The lowest BCUT2D eigenvalue weighted by atomic mass is 9.96. The number of hydrogen-bond acceptors (Lipinski definition) is 6. The molecule has 29 heavy (non-hydrogen) atoms. The van der Waals surface area contributed by atoms with Crippen molar-refractivity contribution in [1.29, 1.82) is 10.8 Å². The molecule has 1 aromatic heterocycles. The van der Waals surface area contributed by atoms with E-state index < -0.39 is 0 Å². The van der Waals surface area contributed by atoms with Gasteiger partial charge in [-0.15, -0.1) is 0 Å². The van der Waals surface area contributed by atoms with E-state index in [9.17, 15) is 4.79 Å². The summed E-state index contributed by atoms with van der Waals surface area (Å²) in [5.74, 6) is 1.14. The maximum Gasteiger partial charge on any atom is 0.123 e. The van der Waals surface area contributed by atoms with Crippen LogP contribution in [-0.4, -0.2) is 48.7 Å². The zero-order valence-corrected chi connectivity index (χ0v) is 17.7. The SMILES string of the molecule is C=C(/C=C(\NC)N(C)C1CC1C(C=O)Cc1ccc(C)nc1)/C(C=N)=C(\C)C=N. The van der Waals surface area contributed by atoms with E-state index in [0.717, 1.165) is 29.8 Å². The molecule has 0 aromatic carbocycles. The summed E-state index contributed by atoms with van der Waals surface area (Å²) >= 11 is 0. The number of aromatic nitrogens is 1. The summed E-state index contributed by atoms with van der Waals surface area (Å²) in [6, 6.07) is 4.29. The molecule has 0 saturated heterocycles. The first-order chi connectivity index (χ1) is 13.9. The quantitative estimate of drug-likeness (QED) is 0.305. The lowest BCUT2D eigenvalue weighted by Crippen LogP contribution is -2.30. The summed E-state index contributed by atoms with van der Waals surface area (Å²) in [6.07, 6.45) is 8.94. The summed E-state index contributed by atoms with van der Waals surface area (Å²) in [6.45, 7) is 7.81. The van der Waals surface area contributed by atoms with Crippen LogP contribution in [0.1, 0.15) is 24.6 Å². The molecular weight excluding hydrogens is 362 g/mol. The zero-order chi connectivity index (χ0) is 21.6. The van der Waals surface area contributed by atoms with E-state index in [1.165, 1.54) is 12.4 Å². The molecule has 1 aliphatic carbocycles. The number of allylic oxidation sites excluding steroid dienone is 4. The molecule has 6 heteroatoms. The Morgan fingerprint density at radius 3 is 2.66 bits per heavy atom. The number of nitrogens with one attached hydrogen (secondary N) is 3. The minimum Gasteiger partial charge on any atom is -0.375 e. The molecule has 0 radical (unpaired) electrons. The number of carbonyl (C=O) groups excluding carboxylic acids is 1. The Morgan fingerprint density at radius 2 is 2.14 bits per heavy atom. The van der Waals surface area contributed by atoms with E-state index in [-0.39, 0.29) is 12.0 Å². The summed E-state index contributed by atoms with van der Waals surface area (Å²) in [4.78, 5) is 18.2. The van der Waals surface area contributed by atoms with E-state index in [0.29, 0.717) is 29.1 Å². The number of aldehydes is 1. The molecule has 3 unspecified atom stereocenters. The van der Waals surface area contributed by atoms with Gasteiger partial charge in [-0.05, 0) is 61.5 Å². The van der Waals surface area contributed by atoms with Gasteiger partial charge in [-0.25, -0.2) is 0 Å². The van der Waals surface area contributed by atoms with Crippen LogP contribution < -0.4 is 5.32 Å². The molecule has 154 valence electrons. The fourth-order valence-electron chi connectivity index (χ4n) is 3.61. The smallest absolute Gasteiger partial charge is 0.123 e. The van der Waals surface area contributed by atoms with Crippen molar-refractivity contribution in [3.05, 3.63) is 64.8 Å². The number of aryl methyl sites for hydroxylation is 1.